The fourth-order valence-corrected chi connectivity index (χ4v) is 3.15. The Morgan fingerprint density at radius 3 is 2.55 bits per heavy atom. The molecule has 0 spiro atoms. The Morgan fingerprint density at radius 2 is 1.95 bits per heavy atom. The van der Waals surface area contributed by atoms with Crippen molar-refractivity contribution in [2.24, 2.45) is 0 Å². The molecule has 2 saturated heterocycles. The highest BCUT2D eigenvalue weighted by atomic mass is 19.4. The minimum absolute atomic E-state index is 0.0248. The van der Waals surface area contributed by atoms with Crippen molar-refractivity contribution >= 4 is 5.91 Å². The lowest BCUT2D eigenvalue weighted by molar-refractivity contribution is -0.138. The van der Waals surface area contributed by atoms with Gasteiger partial charge in [-0.25, -0.2) is 0 Å². The number of piperazine rings is 1. The normalized spacial score (nSPS) is 25.5. The van der Waals surface area contributed by atoms with Gasteiger partial charge in [0.15, 0.2) is 0 Å². The maximum atomic E-state index is 12.1. The second kappa shape index (κ2) is 7.61. The molecule has 0 aromatic rings. The predicted octanol–water partition coefficient (Wildman–Crippen LogP) is 0.850. The molecule has 2 fully saturated rings. The van der Waals surface area contributed by atoms with Crippen LogP contribution >= 0.6 is 0 Å². The maximum Gasteiger partial charge on any atom is 0.401 e. The molecule has 1 N–H and O–H groups in total. The van der Waals surface area contributed by atoms with Crippen molar-refractivity contribution in [2.75, 3.05) is 45.9 Å². The number of rotatable bonds is 4. The number of carbonyl (C=O) groups is 1. The van der Waals surface area contributed by atoms with Crippen molar-refractivity contribution in [3.8, 4) is 0 Å². The summed E-state index contributed by atoms with van der Waals surface area (Å²) < 4.78 is 41.6. The number of hydrogen-bond acceptors (Lipinski definition) is 4. The number of carbonyl (C=O) groups excluding carboxylic acids is 1. The van der Waals surface area contributed by atoms with Crippen molar-refractivity contribution < 1.29 is 22.7 Å². The van der Waals surface area contributed by atoms with Crippen LogP contribution in [0.15, 0.2) is 0 Å². The van der Waals surface area contributed by atoms with Crippen LogP contribution in [-0.2, 0) is 9.53 Å². The molecular weight excluding hydrogens is 299 g/mol. The summed E-state index contributed by atoms with van der Waals surface area (Å²) in [5.41, 5.74) is 0. The molecule has 128 valence electrons. The van der Waals surface area contributed by atoms with Gasteiger partial charge in [0.25, 0.3) is 0 Å². The van der Waals surface area contributed by atoms with Gasteiger partial charge in [0, 0.05) is 44.9 Å². The first-order chi connectivity index (χ1) is 10.4. The lowest BCUT2D eigenvalue weighted by Crippen LogP contribution is -2.58. The van der Waals surface area contributed by atoms with Crippen molar-refractivity contribution in [2.45, 2.75) is 38.0 Å². The molecule has 2 rings (SSSR count). The number of amides is 1. The summed E-state index contributed by atoms with van der Waals surface area (Å²) in [5.74, 6) is -0.261. The van der Waals surface area contributed by atoms with Crippen LogP contribution in [0.5, 0.6) is 0 Å². The number of nitrogens with one attached hydrogen (secondary N) is 1. The molecule has 22 heavy (non-hydrogen) atoms. The van der Waals surface area contributed by atoms with Gasteiger partial charge in [0.05, 0.1) is 13.1 Å². The van der Waals surface area contributed by atoms with E-state index in [1.54, 1.807) is 4.90 Å². The van der Waals surface area contributed by atoms with Gasteiger partial charge in [-0.3, -0.25) is 9.69 Å². The fraction of sp³-hybridized carbons (Fsp3) is 0.929. The Bertz CT molecular complexity index is 373. The summed E-state index contributed by atoms with van der Waals surface area (Å²) in [4.78, 5) is 16.1. The zero-order valence-electron chi connectivity index (χ0n) is 12.9. The molecule has 0 aromatic heterocycles. The fourth-order valence-electron chi connectivity index (χ4n) is 3.15. The first-order valence-corrected chi connectivity index (χ1v) is 7.75. The summed E-state index contributed by atoms with van der Waals surface area (Å²) in [7, 11) is 0. The Balaban J connectivity index is 1.76. The Hall–Kier alpha value is -0.860. The molecule has 0 aliphatic carbocycles. The molecule has 1 amide bonds. The molecule has 2 heterocycles. The van der Waals surface area contributed by atoms with Crippen molar-refractivity contribution in [3.05, 3.63) is 0 Å². The number of alkyl halides is 3. The lowest BCUT2D eigenvalue weighted by atomic mass is 10.0. The molecule has 1 atom stereocenters. The number of hydrogen-bond donors (Lipinski definition) is 1. The molecular formula is C14H24F3N3O2. The van der Waals surface area contributed by atoms with Gasteiger partial charge in [-0.05, 0) is 19.8 Å². The minimum atomic E-state index is -4.28. The third-order valence-electron chi connectivity index (χ3n) is 4.29. The van der Waals surface area contributed by atoms with E-state index in [-0.39, 0.29) is 18.5 Å². The van der Waals surface area contributed by atoms with Crippen LogP contribution in [-0.4, -0.2) is 79.9 Å². The molecule has 0 radical (unpaired) electrons. The average Bonchev–Trinajstić information content (AvgIpc) is 2.46. The molecule has 0 bridgehead atoms. The highest BCUT2D eigenvalue weighted by Gasteiger charge is 2.32. The quantitative estimate of drug-likeness (QED) is 0.833. The monoisotopic (exact) mass is 323 g/mol. The van der Waals surface area contributed by atoms with Gasteiger partial charge >= 0.3 is 6.18 Å². The van der Waals surface area contributed by atoms with Crippen LogP contribution in [0.3, 0.4) is 0 Å². The van der Waals surface area contributed by atoms with Crippen LogP contribution in [0, 0.1) is 0 Å². The minimum Gasteiger partial charge on any atom is -0.381 e. The van der Waals surface area contributed by atoms with Crippen LogP contribution < -0.4 is 5.32 Å². The molecule has 2 aliphatic heterocycles. The molecule has 0 aromatic carbocycles. The highest BCUT2D eigenvalue weighted by molar-refractivity contribution is 5.78. The van der Waals surface area contributed by atoms with E-state index in [1.807, 2.05) is 6.92 Å². The van der Waals surface area contributed by atoms with Crippen LogP contribution in [0.2, 0.25) is 0 Å². The van der Waals surface area contributed by atoms with E-state index in [1.165, 1.54) is 0 Å². The third-order valence-corrected chi connectivity index (χ3v) is 4.29. The topological polar surface area (TPSA) is 44.8 Å². The molecule has 0 unspecified atom stereocenters. The maximum absolute atomic E-state index is 12.1. The van der Waals surface area contributed by atoms with E-state index >= 15 is 0 Å². The van der Waals surface area contributed by atoms with Crippen molar-refractivity contribution in [3.63, 3.8) is 0 Å². The van der Waals surface area contributed by atoms with Gasteiger partial charge in [0.1, 0.15) is 0 Å². The summed E-state index contributed by atoms with van der Waals surface area (Å²) in [6.45, 7) is 4.24. The molecule has 2 aliphatic rings. The van der Waals surface area contributed by atoms with E-state index in [2.05, 4.69) is 10.2 Å². The van der Waals surface area contributed by atoms with E-state index in [9.17, 15) is 18.0 Å². The largest absolute Gasteiger partial charge is 0.401 e. The lowest BCUT2D eigenvalue weighted by Gasteiger charge is -2.44. The zero-order chi connectivity index (χ0) is 16.2. The van der Waals surface area contributed by atoms with Gasteiger partial charge in [-0.2, -0.15) is 13.2 Å². The molecule has 8 heteroatoms. The summed E-state index contributed by atoms with van der Waals surface area (Å²) in [5, 5.41) is 2.17. The van der Waals surface area contributed by atoms with Crippen LogP contribution in [0.25, 0.3) is 0 Å². The van der Waals surface area contributed by atoms with Gasteiger partial charge in [0.2, 0.25) is 5.91 Å². The van der Waals surface area contributed by atoms with E-state index in [0.29, 0.717) is 12.6 Å². The SMILES string of the molecule is C[C@@H]1CN(C2CCOCC2)CCN1C(=O)CNCC(F)(F)F. The van der Waals surface area contributed by atoms with Crippen LogP contribution in [0.1, 0.15) is 19.8 Å². The number of ether oxygens (including phenoxy) is 1. The molecule has 5 nitrogen and oxygen atoms in total. The van der Waals surface area contributed by atoms with E-state index in [4.69, 9.17) is 4.74 Å². The van der Waals surface area contributed by atoms with Gasteiger partial charge in [-0.15, -0.1) is 0 Å². The smallest absolute Gasteiger partial charge is 0.381 e. The standard InChI is InChI=1S/C14H24F3N3O2/c1-11-9-19(12-2-6-22-7-3-12)4-5-20(11)13(21)8-18-10-14(15,16)17/h11-12,18H,2-10H2,1H3/t11-/m1/s1. The average molecular weight is 323 g/mol. The zero-order valence-corrected chi connectivity index (χ0v) is 12.9. The van der Waals surface area contributed by atoms with Crippen LogP contribution in [0.4, 0.5) is 13.2 Å². The second-order valence-corrected chi connectivity index (χ2v) is 5.99. The number of halogens is 3. The van der Waals surface area contributed by atoms with E-state index in [0.717, 1.165) is 39.1 Å². The number of nitrogens with zero attached hydrogens (tertiary/aromatic N) is 2. The van der Waals surface area contributed by atoms with Gasteiger partial charge in [-0.1, -0.05) is 0 Å². The third kappa shape index (κ3) is 5.10. The van der Waals surface area contributed by atoms with Gasteiger partial charge < -0.3 is 15.0 Å². The van der Waals surface area contributed by atoms with E-state index < -0.39 is 12.7 Å². The molecule has 0 saturated carbocycles. The highest BCUT2D eigenvalue weighted by Crippen LogP contribution is 2.19. The first-order valence-electron chi connectivity index (χ1n) is 7.75. The summed E-state index contributed by atoms with van der Waals surface area (Å²) in [6.07, 6.45) is -2.27. The Labute approximate surface area is 128 Å². The Morgan fingerprint density at radius 1 is 1.27 bits per heavy atom. The van der Waals surface area contributed by atoms with Crippen molar-refractivity contribution in [1.82, 2.24) is 15.1 Å². The predicted molar refractivity (Wildman–Crippen MR) is 75.5 cm³/mol. The van der Waals surface area contributed by atoms with Crippen molar-refractivity contribution in [1.29, 1.82) is 0 Å². The summed E-state index contributed by atoms with van der Waals surface area (Å²) in [6, 6.07) is 0.522. The first kappa shape index (κ1) is 17.5. The summed E-state index contributed by atoms with van der Waals surface area (Å²) >= 11 is 0. The second-order valence-electron chi connectivity index (χ2n) is 5.99. The Kier molecular flexibility index (Phi) is 6.05.